The van der Waals surface area contributed by atoms with E-state index in [2.05, 4.69) is 10.3 Å². The molecule has 0 atom stereocenters. The van der Waals surface area contributed by atoms with Crippen molar-refractivity contribution < 1.29 is 27.5 Å². The zero-order chi connectivity index (χ0) is 22.6. The molecule has 1 aliphatic heterocycles. The van der Waals surface area contributed by atoms with Crippen LogP contribution in [0, 0.1) is 12.8 Å². The Hall–Kier alpha value is -3.05. The minimum atomic E-state index is -3.73. The van der Waals surface area contributed by atoms with Gasteiger partial charge in [-0.3, -0.25) is 19.7 Å². The molecule has 0 spiro atoms. The third kappa shape index (κ3) is 5.36. The summed E-state index contributed by atoms with van der Waals surface area (Å²) in [4.78, 5) is 40.1. The minimum absolute atomic E-state index is 0.0201. The van der Waals surface area contributed by atoms with Crippen molar-refractivity contribution in [3.05, 3.63) is 47.9 Å². The number of carbonyl (C=O) groups excluding carboxylic acids is 3. The fourth-order valence-corrected chi connectivity index (χ4v) is 4.69. The topological polar surface area (TPSA) is 128 Å². The lowest BCUT2D eigenvalue weighted by molar-refractivity contribution is -0.153. The number of imidazole rings is 1. The molecule has 0 saturated carbocycles. The van der Waals surface area contributed by atoms with E-state index in [0.29, 0.717) is 11.4 Å². The van der Waals surface area contributed by atoms with Gasteiger partial charge in [-0.1, -0.05) is 18.2 Å². The fraction of sp³-hybridized carbons (Fsp3) is 0.400. The second-order valence-corrected chi connectivity index (χ2v) is 9.15. The summed E-state index contributed by atoms with van der Waals surface area (Å²) in [5.74, 6) is -1.83. The van der Waals surface area contributed by atoms with Gasteiger partial charge in [0.2, 0.25) is 0 Å². The number of carbonyl (C=O) groups is 3. The third-order valence-corrected chi connectivity index (χ3v) is 6.88. The van der Waals surface area contributed by atoms with E-state index < -0.39 is 40.3 Å². The number of amides is 2. The van der Waals surface area contributed by atoms with Gasteiger partial charge in [-0.15, -0.1) is 0 Å². The SMILES string of the molecule is Cc1nc(S(=O)(=O)N2CCC(C(=O)OCC(=O)NC(=O)c3ccccc3)CC2)cn1C. The van der Waals surface area contributed by atoms with Crippen molar-refractivity contribution in [2.24, 2.45) is 13.0 Å². The summed E-state index contributed by atoms with van der Waals surface area (Å²) in [6.45, 7) is 1.43. The van der Waals surface area contributed by atoms with Gasteiger partial charge in [0, 0.05) is 31.9 Å². The van der Waals surface area contributed by atoms with E-state index >= 15 is 0 Å². The average Bonchev–Trinajstić information content (AvgIpc) is 3.12. The van der Waals surface area contributed by atoms with Crippen molar-refractivity contribution in [2.45, 2.75) is 24.8 Å². The summed E-state index contributed by atoms with van der Waals surface area (Å²) in [5, 5.41) is 2.13. The van der Waals surface area contributed by atoms with Crippen LogP contribution in [-0.2, 0) is 31.4 Å². The van der Waals surface area contributed by atoms with Gasteiger partial charge < -0.3 is 9.30 Å². The van der Waals surface area contributed by atoms with Crippen molar-refractivity contribution in [1.29, 1.82) is 0 Å². The molecule has 3 rings (SSSR count). The Morgan fingerprint density at radius 2 is 1.81 bits per heavy atom. The third-order valence-electron chi connectivity index (χ3n) is 5.11. The fourth-order valence-electron chi connectivity index (χ4n) is 3.19. The van der Waals surface area contributed by atoms with Crippen LogP contribution in [0.5, 0.6) is 0 Å². The van der Waals surface area contributed by atoms with E-state index in [4.69, 9.17) is 4.74 Å². The number of benzene rings is 1. The maximum Gasteiger partial charge on any atom is 0.309 e. The molecule has 1 saturated heterocycles. The molecule has 2 heterocycles. The van der Waals surface area contributed by atoms with Crippen LogP contribution in [0.1, 0.15) is 29.0 Å². The van der Waals surface area contributed by atoms with Gasteiger partial charge in [0.1, 0.15) is 5.82 Å². The maximum atomic E-state index is 12.7. The molecule has 2 amide bonds. The average molecular weight is 449 g/mol. The zero-order valence-corrected chi connectivity index (χ0v) is 18.1. The number of esters is 1. The predicted octanol–water partition coefficient (Wildman–Crippen LogP) is 0.629. The molecule has 10 nitrogen and oxygen atoms in total. The van der Waals surface area contributed by atoms with Crippen LogP contribution in [0.3, 0.4) is 0 Å². The highest BCUT2D eigenvalue weighted by molar-refractivity contribution is 7.89. The highest BCUT2D eigenvalue weighted by atomic mass is 32.2. The zero-order valence-electron chi connectivity index (χ0n) is 17.3. The minimum Gasteiger partial charge on any atom is -0.455 e. The Balaban J connectivity index is 1.47. The highest BCUT2D eigenvalue weighted by Gasteiger charge is 2.34. The number of hydrogen-bond acceptors (Lipinski definition) is 7. The molecule has 1 fully saturated rings. The number of sulfonamides is 1. The molecule has 1 aromatic heterocycles. The predicted molar refractivity (Wildman–Crippen MR) is 109 cm³/mol. The molecule has 1 aliphatic rings. The standard InChI is InChI=1S/C20H24N4O6S/c1-14-21-18(12-23(14)2)31(28,29)24-10-8-16(9-11-24)20(27)30-13-17(25)22-19(26)15-6-4-3-5-7-15/h3-7,12,16H,8-11,13H2,1-2H3,(H,22,25,26). The van der Waals surface area contributed by atoms with Crippen LogP contribution >= 0.6 is 0 Å². The summed E-state index contributed by atoms with van der Waals surface area (Å²) in [7, 11) is -2.02. The summed E-state index contributed by atoms with van der Waals surface area (Å²) in [6.07, 6.45) is 2.00. The lowest BCUT2D eigenvalue weighted by Crippen LogP contribution is -2.41. The maximum absolute atomic E-state index is 12.7. The molecule has 0 unspecified atom stereocenters. The highest BCUT2D eigenvalue weighted by Crippen LogP contribution is 2.24. The van der Waals surface area contributed by atoms with Gasteiger partial charge in [-0.25, -0.2) is 13.4 Å². The second kappa shape index (κ2) is 9.40. The van der Waals surface area contributed by atoms with Crippen molar-refractivity contribution >= 4 is 27.8 Å². The Morgan fingerprint density at radius 1 is 1.16 bits per heavy atom. The van der Waals surface area contributed by atoms with Crippen molar-refractivity contribution in [2.75, 3.05) is 19.7 Å². The Labute approximate surface area is 180 Å². The number of piperidine rings is 1. The summed E-state index contributed by atoms with van der Waals surface area (Å²) in [6, 6.07) is 8.20. The number of nitrogens with zero attached hydrogens (tertiary/aromatic N) is 3. The van der Waals surface area contributed by atoms with E-state index in [9.17, 15) is 22.8 Å². The number of ether oxygens (including phenoxy) is 1. The van der Waals surface area contributed by atoms with Crippen LogP contribution in [0.4, 0.5) is 0 Å². The van der Waals surface area contributed by atoms with Crippen LogP contribution in [0.15, 0.2) is 41.6 Å². The van der Waals surface area contributed by atoms with Gasteiger partial charge >= 0.3 is 5.97 Å². The number of aromatic nitrogens is 2. The lowest BCUT2D eigenvalue weighted by atomic mass is 9.98. The molecule has 1 aromatic carbocycles. The summed E-state index contributed by atoms with van der Waals surface area (Å²) >= 11 is 0. The largest absolute Gasteiger partial charge is 0.455 e. The van der Waals surface area contributed by atoms with E-state index in [1.807, 2.05) is 0 Å². The Bertz CT molecular complexity index is 1050. The van der Waals surface area contributed by atoms with Gasteiger partial charge in [0.05, 0.1) is 5.92 Å². The smallest absolute Gasteiger partial charge is 0.309 e. The van der Waals surface area contributed by atoms with Crippen molar-refractivity contribution in [3.8, 4) is 0 Å². The van der Waals surface area contributed by atoms with Crippen LogP contribution in [0.25, 0.3) is 0 Å². The van der Waals surface area contributed by atoms with Gasteiger partial charge in [0.25, 0.3) is 21.8 Å². The molecule has 0 aliphatic carbocycles. The molecule has 0 bridgehead atoms. The second-order valence-electron chi connectivity index (χ2n) is 7.27. The van der Waals surface area contributed by atoms with E-state index in [1.54, 1.807) is 48.9 Å². The molecule has 2 aromatic rings. The van der Waals surface area contributed by atoms with E-state index in [1.165, 1.54) is 10.5 Å². The van der Waals surface area contributed by atoms with E-state index in [-0.39, 0.29) is 31.0 Å². The molecular formula is C20H24N4O6S. The molecule has 166 valence electrons. The van der Waals surface area contributed by atoms with Crippen LogP contribution in [0.2, 0.25) is 0 Å². The summed E-state index contributed by atoms with van der Waals surface area (Å²) < 4.78 is 33.4. The Kier molecular flexibility index (Phi) is 6.86. The van der Waals surface area contributed by atoms with Crippen LogP contribution in [-0.4, -0.2) is 59.8 Å². The number of aryl methyl sites for hydroxylation is 2. The number of imide groups is 1. The lowest BCUT2D eigenvalue weighted by Gasteiger charge is -2.29. The Morgan fingerprint density at radius 3 is 2.39 bits per heavy atom. The van der Waals surface area contributed by atoms with Gasteiger partial charge in [-0.05, 0) is 31.9 Å². The first-order valence-electron chi connectivity index (χ1n) is 9.74. The number of hydrogen-bond donors (Lipinski definition) is 1. The molecule has 31 heavy (non-hydrogen) atoms. The first-order chi connectivity index (χ1) is 14.7. The first kappa shape index (κ1) is 22.6. The van der Waals surface area contributed by atoms with E-state index in [0.717, 1.165) is 0 Å². The van der Waals surface area contributed by atoms with Crippen LogP contribution < -0.4 is 5.32 Å². The number of nitrogens with one attached hydrogen (secondary N) is 1. The summed E-state index contributed by atoms with van der Waals surface area (Å²) in [5.41, 5.74) is 0.318. The number of rotatable bonds is 6. The molecule has 1 N–H and O–H groups in total. The monoisotopic (exact) mass is 448 g/mol. The molecule has 11 heteroatoms. The first-order valence-corrected chi connectivity index (χ1v) is 11.2. The quantitative estimate of drug-likeness (QED) is 0.642. The van der Waals surface area contributed by atoms with Gasteiger partial charge in [-0.2, -0.15) is 4.31 Å². The molecular weight excluding hydrogens is 424 g/mol. The van der Waals surface area contributed by atoms with Gasteiger partial charge in [0.15, 0.2) is 11.6 Å². The normalized spacial score (nSPS) is 15.4. The van der Waals surface area contributed by atoms with Crippen molar-refractivity contribution in [3.63, 3.8) is 0 Å². The van der Waals surface area contributed by atoms with Crippen molar-refractivity contribution in [1.82, 2.24) is 19.2 Å². The molecule has 0 radical (unpaired) electrons.